The summed E-state index contributed by atoms with van der Waals surface area (Å²) in [6, 6.07) is 10.2. The van der Waals surface area contributed by atoms with Crippen molar-refractivity contribution >= 4 is 17.0 Å². The molecule has 0 bridgehead atoms. The SMILES string of the molecule is C=C(NCC(Cc1nnc(C)s1)=C1CC1)c1ccccc1. The monoisotopic (exact) mass is 297 g/mol. The van der Waals surface area contributed by atoms with Crippen LogP contribution in [0.4, 0.5) is 0 Å². The third-order valence-electron chi connectivity index (χ3n) is 3.57. The molecule has 1 aliphatic carbocycles. The summed E-state index contributed by atoms with van der Waals surface area (Å²) in [5, 5.41) is 13.9. The second-order valence-electron chi connectivity index (χ2n) is 5.30. The van der Waals surface area contributed by atoms with Crippen molar-refractivity contribution in [3.05, 3.63) is 63.6 Å². The van der Waals surface area contributed by atoms with Crippen LogP contribution in [0.5, 0.6) is 0 Å². The highest BCUT2D eigenvalue weighted by molar-refractivity contribution is 7.11. The molecule has 1 aliphatic rings. The topological polar surface area (TPSA) is 37.8 Å². The molecule has 3 rings (SSSR count). The lowest BCUT2D eigenvalue weighted by Crippen LogP contribution is -2.16. The van der Waals surface area contributed by atoms with Gasteiger partial charge in [0.1, 0.15) is 10.0 Å². The molecule has 21 heavy (non-hydrogen) atoms. The van der Waals surface area contributed by atoms with Crippen LogP contribution in [0.25, 0.3) is 5.70 Å². The molecule has 108 valence electrons. The Morgan fingerprint density at radius 1 is 1.24 bits per heavy atom. The van der Waals surface area contributed by atoms with Crippen LogP contribution in [0.1, 0.15) is 28.4 Å². The summed E-state index contributed by atoms with van der Waals surface area (Å²) in [5.74, 6) is 0. The van der Waals surface area contributed by atoms with Crippen LogP contribution in [0.2, 0.25) is 0 Å². The van der Waals surface area contributed by atoms with E-state index in [0.717, 1.165) is 34.2 Å². The standard InChI is InChI=1S/C17H19N3S/c1-12(14-6-4-3-5-7-14)18-11-16(15-8-9-15)10-17-20-19-13(2)21-17/h3-7,18H,1,8-11H2,2H3. The quantitative estimate of drug-likeness (QED) is 0.825. The second kappa shape index (κ2) is 6.22. The predicted octanol–water partition coefficient (Wildman–Crippen LogP) is 3.74. The number of rotatable bonds is 6. The van der Waals surface area contributed by atoms with Crippen LogP contribution in [-0.4, -0.2) is 16.7 Å². The molecule has 3 nitrogen and oxygen atoms in total. The average molecular weight is 297 g/mol. The zero-order valence-electron chi connectivity index (χ0n) is 12.2. The molecule has 1 saturated carbocycles. The lowest BCUT2D eigenvalue weighted by molar-refractivity contribution is 0.890. The maximum Gasteiger partial charge on any atom is 0.121 e. The zero-order valence-corrected chi connectivity index (χ0v) is 13.0. The average Bonchev–Trinajstić information content (AvgIpc) is 3.27. The van der Waals surface area contributed by atoms with E-state index in [-0.39, 0.29) is 0 Å². The summed E-state index contributed by atoms with van der Waals surface area (Å²) in [7, 11) is 0. The molecule has 1 aromatic carbocycles. The van der Waals surface area contributed by atoms with Crippen molar-refractivity contribution in [3.63, 3.8) is 0 Å². The largest absolute Gasteiger partial charge is 0.381 e. The van der Waals surface area contributed by atoms with E-state index >= 15 is 0 Å². The van der Waals surface area contributed by atoms with Crippen molar-refractivity contribution < 1.29 is 0 Å². The number of hydrogen-bond acceptors (Lipinski definition) is 4. The van der Waals surface area contributed by atoms with Crippen molar-refractivity contribution in [2.24, 2.45) is 0 Å². The molecule has 0 radical (unpaired) electrons. The lowest BCUT2D eigenvalue weighted by atomic mass is 10.1. The Balaban J connectivity index is 1.62. The van der Waals surface area contributed by atoms with E-state index in [0.29, 0.717) is 0 Å². The maximum atomic E-state index is 4.24. The summed E-state index contributed by atoms with van der Waals surface area (Å²) in [6.07, 6.45) is 3.37. The van der Waals surface area contributed by atoms with Gasteiger partial charge in [-0.25, -0.2) is 0 Å². The fourth-order valence-electron chi connectivity index (χ4n) is 2.27. The zero-order chi connectivity index (χ0) is 14.7. The van der Waals surface area contributed by atoms with Gasteiger partial charge in [0.05, 0.1) is 0 Å². The van der Waals surface area contributed by atoms with E-state index in [2.05, 4.69) is 34.2 Å². The van der Waals surface area contributed by atoms with Crippen molar-refractivity contribution in [2.75, 3.05) is 6.54 Å². The summed E-state index contributed by atoms with van der Waals surface area (Å²) < 4.78 is 0. The van der Waals surface area contributed by atoms with Crippen molar-refractivity contribution in [2.45, 2.75) is 26.2 Å². The fourth-order valence-corrected chi connectivity index (χ4v) is 3.03. The number of aryl methyl sites for hydroxylation is 1. The predicted molar refractivity (Wildman–Crippen MR) is 88.1 cm³/mol. The molecule has 0 amide bonds. The number of nitrogens with zero attached hydrogens (tertiary/aromatic N) is 2. The summed E-state index contributed by atoms with van der Waals surface area (Å²) in [5.41, 5.74) is 5.13. The maximum absolute atomic E-state index is 4.24. The third-order valence-corrected chi connectivity index (χ3v) is 4.41. The summed E-state index contributed by atoms with van der Waals surface area (Å²) >= 11 is 1.69. The Kier molecular flexibility index (Phi) is 4.15. The van der Waals surface area contributed by atoms with E-state index in [1.54, 1.807) is 16.9 Å². The minimum atomic E-state index is 0.849. The highest BCUT2D eigenvalue weighted by atomic mass is 32.1. The first-order valence-corrected chi connectivity index (χ1v) is 8.01. The van der Waals surface area contributed by atoms with E-state index in [1.807, 2.05) is 25.1 Å². The number of hydrogen-bond donors (Lipinski definition) is 1. The molecule has 0 aliphatic heterocycles. The minimum Gasteiger partial charge on any atom is -0.381 e. The molecule has 1 heterocycles. The number of aromatic nitrogens is 2. The van der Waals surface area contributed by atoms with E-state index < -0.39 is 0 Å². The van der Waals surface area contributed by atoms with Gasteiger partial charge < -0.3 is 5.32 Å². The van der Waals surface area contributed by atoms with Crippen LogP contribution < -0.4 is 5.32 Å². The molecular weight excluding hydrogens is 278 g/mol. The van der Waals surface area contributed by atoms with E-state index in [1.165, 1.54) is 18.4 Å². The van der Waals surface area contributed by atoms with Crippen LogP contribution in [-0.2, 0) is 6.42 Å². The van der Waals surface area contributed by atoms with Gasteiger partial charge in [-0.2, -0.15) is 0 Å². The van der Waals surface area contributed by atoms with Crippen LogP contribution >= 0.6 is 11.3 Å². The van der Waals surface area contributed by atoms with Crippen molar-refractivity contribution in [1.82, 2.24) is 15.5 Å². The Bertz CT molecular complexity index is 664. The van der Waals surface area contributed by atoms with Gasteiger partial charge in [-0.1, -0.05) is 42.5 Å². The smallest absolute Gasteiger partial charge is 0.121 e. The number of allylic oxidation sites excluding steroid dienone is 1. The molecular formula is C17H19N3S. The van der Waals surface area contributed by atoms with Crippen LogP contribution in [0, 0.1) is 6.92 Å². The molecule has 1 N–H and O–H groups in total. The summed E-state index contributed by atoms with van der Waals surface area (Å²) in [4.78, 5) is 0. The van der Waals surface area contributed by atoms with Crippen LogP contribution in [0.15, 0.2) is 48.1 Å². The van der Waals surface area contributed by atoms with Gasteiger partial charge in [-0.3, -0.25) is 0 Å². The Morgan fingerprint density at radius 2 is 2.00 bits per heavy atom. The second-order valence-corrected chi connectivity index (χ2v) is 6.56. The molecule has 2 aromatic rings. The first kappa shape index (κ1) is 14.0. The molecule has 0 saturated heterocycles. The molecule has 1 fully saturated rings. The molecule has 0 atom stereocenters. The highest BCUT2D eigenvalue weighted by Crippen LogP contribution is 2.33. The number of benzene rings is 1. The van der Waals surface area contributed by atoms with Gasteiger partial charge in [0.15, 0.2) is 0 Å². The molecule has 0 unspecified atom stereocenters. The Hall–Kier alpha value is -1.94. The minimum absolute atomic E-state index is 0.849. The van der Waals surface area contributed by atoms with Crippen LogP contribution in [0.3, 0.4) is 0 Å². The van der Waals surface area contributed by atoms with Gasteiger partial charge in [0.25, 0.3) is 0 Å². The molecule has 4 heteroatoms. The molecule has 1 aromatic heterocycles. The fraction of sp³-hybridized carbons (Fsp3) is 0.294. The van der Waals surface area contributed by atoms with Crippen molar-refractivity contribution in [1.29, 1.82) is 0 Å². The van der Waals surface area contributed by atoms with Crippen molar-refractivity contribution in [3.8, 4) is 0 Å². The molecule has 0 spiro atoms. The Labute approximate surface area is 129 Å². The first-order chi connectivity index (χ1) is 10.2. The summed E-state index contributed by atoms with van der Waals surface area (Å²) in [6.45, 7) is 6.98. The first-order valence-electron chi connectivity index (χ1n) is 7.19. The normalized spacial score (nSPS) is 13.1. The highest BCUT2D eigenvalue weighted by Gasteiger charge is 2.19. The van der Waals surface area contributed by atoms with E-state index in [9.17, 15) is 0 Å². The Morgan fingerprint density at radius 3 is 2.62 bits per heavy atom. The van der Waals surface area contributed by atoms with Gasteiger partial charge >= 0.3 is 0 Å². The van der Waals surface area contributed by atoms with Gasteiger partial charge in [0.2, 0.25) is 0 Å². The lowest BCUT2D eigenvalue weighted by Gasteiger charge is -2.12. The third kappa shape index (κ3) is 3.79. The number of nitrogens with one attached hydrogen (secondary N) is 1. The van der Waals surface area contributed by atoms with Gasteiger partial charge in [-0.15, -0.1) is 21.5 Å². The van der Waals surface area contributed by atoms with E-state index in [4.69, 9.17) is 0 Å². The van der Waals surface area contributed by atoms with Gasteiger partial charge in [0, 0.05) is 18.7 Å². The van der Waals surface area contributed by atoms with Gasteiger partial charge in [-0.05, 0) is 30.9 Å².